The summed E-state index contributed by atoms with van der Waals surface area (Å²) in [6.45, 7) is 6.70. The molecule has 80 heavy (non-hydrogen) atoms. The van der Waals surface area contributed by atoms with E-state index in [-0.39, 0.29) is 31.1 Å². The van der Waals surface area contributed by atoms with Gasteiger partial charge in [0.05, 0.1) is 0 Å². The van der Waals surface area contributed by atoms with Crippen LogP contribution in [0.5, 0.6) is 0 Å². The Bertz CT molecular complexity index is 1290. The van der Waals surface area contributed by atoms with Crippen molar-refractivity contribution >= 4 is 17.9 Å². The van der Waals surface area contributed by atoms with Crippen molar-refractivity contribution < 1.29 is 28.6 Å². The monoisotopic (exact) mass is 1130 g/mol. The molecule has 0 aliphatic rings. The Labute approximate surface area is 500 Å². The van der Waals surface area contributed by atoms with Crippen LogP contribution in [0.25, 0.3) is 0 Å². The smallest absolute Gasteiger partial charge is 0.306 e. The molecular formula is C74H140O6. The first kappa shape index (κ1) is 77.9. The van der Waals surface area contributed by atoms with Crippen LogP contribution in [0.15, 0.2) is 24.3 Å². The Kier molecular flexibility index (Phi) is 67.6. The van der Waals surface area contributed by atoms with Crippen LogP contribution < -0.4 is 0 Å². The molecule has 0 aromatic rings. The number of carbonyl (C=O) groups is 3. The highest BCUT2D eigenvalue weighted by atomic mass is 16.6. The lowest BCUT2D eigenvalue weighted by Crippen LogP contribution is -2.30. The molecule has 0 rings (SSSR count). The Morgan fingerprint density at radius 3 is 0.700 bits per heavy atom. The third-order valence-corrected chi connectivity index (χ3v) is 16.7. The number of allylic oxidation sites excluding steroid dienone is 4. The van der Waals surface area contributed by atoms with Crippen LogP contribution in [0, 0.1) is 0 Å². The van der Waals surface area contributed by atoms with Crippen molar-refractivity contribution in [1.29, 1.82) is 0 Å². The van der Waals surface area contributed by atoms with Crippen molar-refractivity contribution in [3.05, 3.63) is 24.3 Å². The summed E-state index contributed by atoms with van der Waals surface area (Å²) in [6.07, 6.45) is 85.1. The first-order valence-electron chi connectivity index (χ1n) is 36.3. The lowest BCUT2D eigenvalue weighted by Gasteiger charge is -2.18. The molecule has 6 heteroatoms. The fraction of sp³-hybridized carbons (Fsp3) is 0.905. The topological polar surface area (TPSA) is 78.9 Å². The summed E-state index contributed by atoms with van der Waals surface area (Å²) in [7, 11) is 0. The molecule has 0 heterocycles. The molecule has 0 fully saturated rings. The first-order chi connectivity index (χ1) is 39.5. The van der Waals surface area contributed by atoms with Crippen LogP contribution in [-0.2, 0) is 28.6 Å². The zero-order valence-electron chi connectivity index (χ0n) is 54.4. The minimum Gasteiger partial charge on any atom is -0.462 e. The van der Waals surface area contributed by atoms with Crippen LogP contribution >= 0.6 is 0 Å². The van der Waals surface area contributed by atoms with Crippen LogP contribution in [0.1, 0.15) is 412 Å². The fourth-order valence-electron chi connectivity index (χ4n) is 11.2. The summed E-state index contributed by atoms with van der Waals surface area (Å²) in [5, 5.41) is 0. The fourth-order valence-corrected chi connectivity index (χ4v) is 11.2. The zero-order chi connectivity index (χ0) is 57.8. The minimum absolute atomic E-state index is 0.0707. The molecule has 0 aliphatic heterocycles. The summed E-state index contributed by atoms with van der Waals surface area (Å²) < 4.78 is 17.0. The van der Waals surface area contributed by atoms with Gasteiger partial charge < -0.3 is 14.2 Å². The van der Waals surface area contributed by atoms with Gasteiger partial charge in [0.15, 0.2) is 6.10 Å². The molecule has 6 nitrogen and oxygen atoms in total. The van der Waals surface area contributed by atoms with Crippen molar-refractivity contribution in [2.45, 2.75) is 419 Å². The molecule has 0 N–H and O–H groups in total. The second-order valence-electron chi connectivity index (χ2n) is 24.9. The number of carbonyl (C=O) groups excluding carboxylic acids is 3. The molecule has 0 bridgehead atoms. The van der Waals surface area contributed by atoms with E-state index in [0.717, 1.165) is 77.0 Å². The van der Waals surface area contributed by atoms with Crippen LogP contribution in [0.4, 0.5) is 0 Å². The second-order valence-corrected chi connectivity index (χ2v) is 24.9. The number of hydrogen-bond donors (Lipinski definition) is 0. The van der Waals surface area contributed by atoms with Gasteiger partial charge in [-0.15, -0.1) is 0 Å². The molecule has 1 unspecified atom stereocenters. The Morgan fingerprint density at radius 2 is 0.450 bits per heavy atom. The highest BCUT2D eigenvalue weighted by molar-refractivity contribution is 5.71. The average Bonchev–Trinajstić information content (AvgIpc) is 3.46. The van der Waals surface area contributed by atoms with E-state index >= 15 is 0 Å². The van der Waals surface area contributed by atoms with Gasteiger partial charge in [0.25, 0.3) is 0 Å². The molecule has 0 amide bonds. The Hall–Kier alpha value is -2.11. The van der Waals surface area contributed by atoms with Gasteiger partial charge in [-0.3, -0.25) is 14.4 Å². The van der Waals surface area contributed by atoms with Gasteiger partial charge in [0, 0.05) is 19.3 Å². The Balaban J connectivity index is 4.16. The molecule has 472 valence electrons. The highest BCUT2D eigenvalue weighted by Gasteiger charge is 2.19. The molecule has 0 saturated carbocycles. The number of unbranched alkanes of at least 4 members (excludes halogenated alkanes) is 53. The number of esters is 3. The van der Waals surface area contributed by atoms with Gasteiger partial charge in [-0.2, -0.15) is 0 Å². The molecule has 0 aromatic carbocycles. The largest absolute Gasteiger partial charge is 0.462 e. The maximum absolute atomic E-state index is 12.9. The van der Waals surface area contributed by atoms with Gasteiger partial charge in [-0.1, -0.05) is 366 Å². The van der Waals surface area contributed by atoms with Crippen molar-refractivity contribution in [2.75, 3.05) is 13.2 Å². The molecule has 0 aliphatic carbocycles. The summed E-state index contributed by atoms with van der Waals surface area (Å²) in [5.41, 5.74) is 0. The van der Waals surface area contributed by atoms with Gasteiger partial charge in [0.1, 0.15) is 13.2 Å². The highest BCUT2D eigenvalue weighted by Crippen LogP contribution is 2.19. The summed E-state index contributed by atoms with van der Waals surface area (Å²) >= 11 is 0. The normalized spacial score (nSPS) is 12.1. The lowest BCUT2D eigenvalue weighted by molar-refractivity contribution is -0.167. The SMILES string of the molecule is CCCCCC/C=C\C/C=C\CCCCCCCC(=O)OC(COC(=O)CCCCCCCCCCCCCCCCCC)COC(=O)CCCCCCCCCCCCCCCCCCCCCCCCCCCCCCCC. The summed E-state index contributed by atoms with van der Waals surface area (Å²) in [4.78, 5) is 38.4. The predicted molar refractivity (Wildman–Crippen MR) is 349 cm³/mol. The molecule has 0 spiro atoms. The summed E-state index contributed by atoms with van der Waals surface area (Å²) in [6, 6.07) is 0. The van der Waals surface area contributed by atoms with Crippen molar-refractivity contribution in [3.8, 4) is 0 Å². The average molecular weight is 1130 g/mol. The molecule has 0 aromatic heterocycles. The number of ether oxygens (including phenoxy) is 3. The molecule has 0 saturated heterocycles. The van der Waals surface area contributed by atoms with E-state index in [9.17, 15) is 14.4 Å². The van der Waals surface area contributed by atoms with Crippen LogP contribution in [0.3, 0.4) is 0 Å². The van der Waals surface area contributed by atoms with E-state index < -0.39 is 6.10 Å². The Morgan fingerprint density at radius 1 is 0.250 bits per heavy atom. The van der Waals surface area contributed by atoms with Crippen LogP contribution in [-0.4, -0.2) is 37.2 Å². The standard InChI is InChI=1S/C74H140O6/c1-4-7-10-13-16-19-22-25-28-31-32-33-34-35-36-37-38-39-40-41-42-43-44-47-49-52-55-58-61-64-67-73(76)79-70-71(80-74(77)68-65-62-59-56-53-50-46-30-27-24-21-18-15-12-9-6-3)69-78-72(75)66-63-60-57-54-51-48-45-29-26-23-20-17-14-11-8-5-2/h21,24,30,46,71H,4-20,22-23,25-29,31-45,47-70H2,1-3H3/b24-21-,46-30-. The van der Waals surface area contributed by atoms with Gasteiger partial charge in [0.2, 0.25) is 0 Å². The first-order valence-corrected chi connectivity index (χ1v) is 36.3. The van der Waals surface area contributed by atoms with E-state index in [0.29, 0.717) is 19.3 Å². The second kappa shape index (κ2) is 69.4. The molecule has 1 atom stereocenters. The lowest BCUT2D eigenvalue weighted by atomic mass is 10.0. The van der Waals surface area contributed by atoms with Gasteiger partial charge >= 0.3 is 17.9 Å². The van der Waals surface area contributed by atoms with Crippen molar-refractivity contribution in [1.82, 2.24) is 0 Å². The van der Waals surface area contributed by atoms with E-state index in [2.05, 4.69) is 45.1 Å². The van der Waals surface area contributed by atoms with E-state index in [1.807, 2.05) is 0 Å². The summed E-state index contributed by atoms with van der Waals surface area (Å²) in [5.74, 6) is -0.852. The van der Waals surface area contributed by atoms with Crippen molar-refractivity contribution in [3.63, 3.8) is 0 Å². The molecule has 0 radical (unpaired) electrons. The zero-order valence-corrected chi connectivity index (χ0v) is 54.4. The number of rotatable bonds is 68. The molecular weight excluding hydrogens is 985 g/mol. The van der Waals surface area contributed by atoms with E-state index in [1.165, 1.54) is 295 Å². The van der Waals surface area contributed by atoms with Crippen molar-refractivity contribution in [2.24, 2.45) is 0 Å². The number of hydrogen-bond acceptors (Lipinski definition) is 6. The minimum atomic E-state index is -0.776. The third-order valence-electron chi connectivity index (χ3n) is 16.7. The van der Waals surface area contributed by atoms with Crippen LogP contribution in [0.2, 0.25) is 0 Å². The van der Waals surface area contributed by atoms with Gasteiger partial charge in [-0.05, 0) is 51.4 Å². The van der Waals surface area contributed by atoms with E-state index in [1.54, 1.807) is 0 Å². The quantitative estimate of drug-likeness (QED) is 0.0261. The predicted octanol–water partition coefficient (Wildman–Crippen LogP) is 25.0. The third kappa shape index (κ3) is 66.7. The maximum Gasteiger partial charge on any atom is 0.306 e. The maximum atomic E-state index is 12.9. The van der Waals surface area contributed by atoms with E-state index in [4.69, 9.17) is 14.2 Å². The van der Waals surface area contributed by atoms with Gasteiger partial charge in [-0.25, -0.2) is 0 Å².